The van der Waals surface area contributed by atoms with Crippen LogP contribution in [0.4, 0.5) is 0 Å². The molecule has 4 heteroatoms. The highest BCUT2D eigenvalue weighted by molar-refractivity contribution is 5.79. The van der Waals surface area contributed by atoms with Gasteiger partial charge in [0.2, 0.25) is 0 Å². The maximum absolute atomic E-state index is 10.9. The highest BCUT2D eigenvalue weighted by Crippen LogP contribution is 2.08. The summed E-state index contributed by atoms with van der Waals surface area (Å²) in [7, 11) is 0. The number of Topliss-reactive ketones (excluding diaryl/α,β-unsaturated/α-hetero) is 1. The van der Waals surface area contributed by atoms with Gasteiger partial charge in [-0.15, -0.1) is 5.10 Å². The highest BCUT2D eigenvalue weighted by Gasteiger charge is 2.03. The lowest BCUT2D eigenvalue weighted by atomic mass is 10.3. The summed E-state index contributed by atoms with van der Waals surface area (Å²) >= 11 is 0. The van der Waals surface area contributed by atoms with Crippen molar-refractivity contribution in [1.82, 2.24) is 15.0 Å². The summed E-state index contributed by atoms with van der Waals surface area (Å²) in [5.74, 6) is 0.0793. The van der Waals surface area contributed by atoms with Crippen molar-refractivity contribution >= 4 is 16.8 Å². The van der Waals surface area contributed by atoms with E-state index in [2.05, 4.69) is 10.3 Å². The zero-order chi connectivity index (χ0) is 9.26. The first kappa shape index (κ1) is 7.91. The molecule has 0 unspecified atom stereocenters. The van der Waals surface area contributed by atoms with Crippen LogP contribution >= 0.6 is 0 Å². The Labute approximate surface area is 75.2 Å². The number of nitrogens with zero attached hydrogens (tertiary/aromatic N) is 3. The standard InChI is InChI=1S/C9H9N3O/c1-7(13)6-12-9-5-3-2-4-8(9)10-11-12/h2-5H,6H2,1H3. The summed E-state index contributed by atoms with van der Waals surface area (Å²) in [6.07, 6.45) is 0. The van der Waals surface area contributed by atoms with Crippen molar-refractivity contribution in [3.63, 3.8) is 0 Å². The third kappa shape index (κ3) is 1.42. The molecule has 13 heavy (non-hydrogen) atoms. The molecule has 4 nitrogen and oxygen atoms in total. The van der Waals surface area contributed by atoms with E-state index in [0.29, 0.717) is 6.54 Å². The van der Waals surface area contributed by atoms with Gasteiger partial charge in [-0.1, -0.05) is 17.3 Å². The molecule has 0 bridgehead atoms. The summed E-state index contributed by atoms with van der Waals surface area (Å²) in [5, 5.41) is 7.81. The van der Waals surface area contributed by atoms with Crippen LogP contribution in [0, 0.1) is 0 Å². The summed E-state index contributed by atoms with van der Waals surface area (Å²) in [4.78, 5) is 10.9. The Kier molecular flexibility index (Phi) is 1.81. The number of hydrogen-bond acceptors (Lipinski definition) is 3. The topological polar surface area (TPSA) is 47.8 Å². The van der Waals surface area contributed by atoms with E-state index in [0.717, 1.165) is 11.0 Å². The second-order valence-electron chi connectivity index (χ2n) is 2.94. The number of rotatable bonds is 2. The van der Waals surface area contributed by atoms with Gasteiger partial charge in [0.05, 0.1) is 5.52 Å². The van der Waals surface area contributed by atoms with E-state index in [1.807, 2.05) is 24.3 Å². The number of para-hydroxylation sites is 1. The number of benzene rings is 1. The quantitative estimate of drug-likeness (QED) is 0.684. The van der Waals surface area contributed by atoms with Gasteiger partial charge >= 0.3 is 0 Å². The van der Waals surface area contributed by atoms with Gasteiger partial charge in [-0.3, -0.25) is 4.79 Å². The smallest absolute Gasteiger partial charge is 0.151 e. The number of hydrogen-bond donors (Lipinski definition) is 0. The van der Waals surface area contributed by atoms with Crippen LogP contribution in [-0.4, -0.2) is 20.8 Å². The van der Waals surface area contributed by atoms with Crippen molar-refractivity contribution in [2.45, 2.75) is 13.5 Å². The van der Waals surface area contributed by atoms with Crippen molar-refractivity contribution in [1.29, 1.82) is 0 Å². The van der Waals surface area contributed by atoms with Gasteiger partial charge in [-0.05, 0) is 19.1 Å². The fourth-order valence-electron chi connectivity index (χ4n) is 1.25. The van der Waals surface area contributed by atoms with Gasteiger partial charge in [-0.2, -0.15) is 0 Å². The normalized spacial score (nSPS) is 10.5. The highest BCUT2D eigenvalue weighted by atomic mass is 16.1. The summed E-state index contributed by atoms with van der Waals surface area (Å²) in [5.41, 5.74) is 1.72. The van der Waals surface area contributed by atoms with Crippen LogP contribution in [0.1, 0.15) is 6.92 Å². The molecule has 66 valence electrons. The molecule has 0 radical (unpaired) electrons. The largest absolute Gasteiger partial charge is 0.298 e. The van der Waals surface area contributed by atoms with E-state index in [9.17, 15) is 4.79 Å². The molecule has 0 amide bonds. The molecule has 2 aromatic rings. The zero-order valence-corrected chi connectivity index (χ0v) is 7.27. The van der Waals surface area contributed by atoms with Crippen molar-refractivity contribution in [2.75, 3.05) is 0 Å². The molecular weight excluding hydrogens is 166 g/mol. The maximum Gasteiger partial charge on any atom is 0.151 e. The van der Waals surface area contributed by atoms with Crippen molar-refractivity contribution in [2.24, 2.45) is 0 Å². The number of aromatic nitrogens is 3. The van der Waals surface area contributed by atoms with E-state index in [1.54, 1.807) is 4.68 Å². The number of ketones is 1. The molecule has 0 aliphatic heterocycles. The molecule has 0 spiro atoms. The Bertz CT molecular complexity index is 447. The van der Waals surface area contributed by atoms with Crippen LogP contribution in [0.5, 0.6) is 0 Å². The van der Waals surface area contributed by atoms with Crippen LogP contribution in [0.3, 0.4) is 0 Å². The number of carbonyl (C=O) groups is 1. The molecule has 2 rings (SSSR count). The summed E-state index contributed by atoms with van der Waals surface area (Å²) < 4.78 is 1.61. The fraction of sp³-hybridized carbons (Fsp3) is 0.222. The van der Waals surface area contributed by atoms with Crippen LogP contribution in [-0.2, 0) is 11.3 Å². The van der Waals surface area contributed by atoms with Crippen molar-refractivity contribution < 1.29 is 4.79 Å². The van der Waals surface area contributed by atoms with E-state index >= 15 is 0 Å². The molecule has 0 atom stereocenters. The maximum atomic E-state index is 10.9. The lowest BCUT2D eigenvalue weighted by Crippen LogP contribution is -2.07. The predicted molar refractivity (Wildman–Crippen MR) is 48.2 cm³/mol. The molecule has 0 fully saturated rings. The fourth-order valence-corrected chi connectivity index (χ4v) is 1.25. The van der Waals surface area contributed by atoms with Crippen molar-refractivity contribution in [3.05, 3.63) is 24.3 Å². The second-order valence-corrected chi connectivity index (χ2v) is 2.94. The van der Waals surface area contributed by atoms with E-state index < -0.39 is 0 Å². The molecule has 0 saturated heterocycles. The summed E-state index contributed by atoms with van der Waals surface area (Å²) in [6, 6.07) is 7.58. The molecular formula is C9H9N3O. The van der Waals surface area contributed by atoms with E-state index in [-0.39, 0.29) is 5.78 Å². The molecule has 0 N–H and O–H groups in total. The van der Waals surface area contributed by atoms with Gasteiger partial charge in [0.15, 0.2) is 5.78 Å². The second kappa shape index (κ2) is 2.97. The molecule has 1 heterocycles. The minimum absolute atomic E-state index is 0.0793. The Morgan fingerprint density at radius 3 is 3.00 bits per heavy atom. The minimum atomic E-state index is 0.0793. The number of carbonyl (C=O) groups excluding carboxylic acids is 1. The molecule has 1 aromatic heterocycles. The minimum Gasteiger partial charge on any atom is -0.298 e. The summed E-state index contributed by atoms with van der Waals surface area (Å²) in [6.45, 7) is 1.83. The van der Waals surface area contributed by atoms with Gasteiger partial charge in [0.25, 0.3) is 0 Å². The van der Waals surface area contributed by atoms with Crippen LogP contribution in [0.25, 0.3) is 11.0 Å². The molecule has 0 aliphatic rings. The van der Waals surface area contributed by atoms with Gasteiger partial charge in [0, 0.05) is 0 Å². The van der Waals surface area contributed by atoms with Crippen LogP contribution < -0.4 is 0 Å². The Hall–Kier alpha value is -1.71. The lowest BCUT2D eigenvalue weighted by molar-refractivity contribution is -0.117. The number of fused-ring (bicyclic) bond motifs is 1. The third-order valence-electron chi connectivity index (χ3n) is 1.79. The Balaban J connectivity index is 2.51. The monoisotopic (exact) mass is 175 g/mol. The average Bonchev–Trinajstić information content (AvgIpc) is 2.48. The van der Waals surface area contributed by atoms with Gasteiger partial charge in [0.1, 0.15) is 12.1 Å². The zero-order valence-electron chi connectivity index (χ0n) is 7.27. The molecule has 0 aliphatic carbocycles. The molecule has 0 saturated carbocycles. The SMILES string of the molecule is CC(=O)Cn1nnc2ccccc21. The van der Waals surface area contributed by atoms with Crippen LogP contribution in [0.2, 0.25) is 0 Å². The van der Waals surface area contributed by atoms with E-state index in [1.165, 1.54) is 6.92 Å². The van der Waals surface area contributed by atoms with Gasteiger partial charge in [-0.25, -0.2) is 4.68 Å². The third-order valence-corrected chi connectivity index (χ3v) is 1.79. The van der Waals surface area contributed by atoms with Crippen LogP contribution in [0.15, 0.2) is 24.3 Å². The van der Waals surface area contributed by atoms with Crippen molar-refractivity contribution in [3.8, 4) is 0 Å². The Morgan fingerprint density at radius 1 is 1.46 bits per heavy atom. The predicted octanol–water partition coefficient (Wildman–Crippen LogP) is 1.02. The van der Waals surface area contributed by atoms with Gasteiger partial charge < -0.3 is 0 Å². The first-order chi connectivity index (χ1) is 6.27. The molecule has 1 aromatic carbocycles. The van der Waals surface area contributed by atoms with E-state index in [4.69, 9.17) is 0 Å². The lowest BCUT2D eigenvalue weighted by Gasteiger charge is -1.96. The first-order valence-corrected chi connectivity index (χ1v) is 4.05. The average molecular weight is 175 g/mol. The Morgan fingerprint density at radius 2 is 2.23 bits per heavy atom. The first-order valence-electron chi connectivity index (χ1n) is 4.05.